The van der Waals surface area contributed by atoms with E-state index in [-0.39, 0.29) is 23.9 Å². The van der Waals surface area contributed by atoms with Gasteiger partial charge in [0, 0.05) is 18.3 Å². The Morgan fingerprint density at radius 3 is 2.79 bits per heavy atom. The van der Waals surface area contributed by atoms with Gasteiger partial charge in [-0.25, -0.2) is 4.98 Å². The number of nitrogens with zero attached hydrogens (tertiary/aromatic N) is 3. The van der Waals surface area contributed by atoms with Crippen molar-refractivity contribution in [3.05, 3.63) is 57.8 Å². The van der Waals surface area contributed by atoms with E-state index in [9.17, 15) is 9.59 Å². The maximum absolute atomic E-state index is 12.7. The third-order valence-electron chi connectivity index (χ3n) is 4.45. The fourth-order valence-corrected chi connectivity index (χ4v) is 3.09. The van der Waals surface area contributed by atoms with Crippen molar-refractivity contribution in [3.63, 3.8) is 0 Å². The molecule has 2 aromatic rings. The van der Waals surface area contributed by atoms with Crippen molar-refractivity contribution >= 4 is 11.6 Å². The first-order valence-corrected chi connectivity index (χ1v) is 8.42. The molecule has 0 bridgehead atoms. The molecule has 0 aliphatic carbocycles. The molecule has 24 heavy (non-hydrogen) atoms. The molecule has 0 unspecified atom stereocenters. The molecule has 1 aromatic carbocycles. The second-order valence-corrected chi connectivity index (χ2v) is 6.72. The molecule has 0 fully saturated rings. The summed E-state index contributed by atoms with van der Waals surface area (Å²) in [5.41, 5.74) is 3.95. The molecular weight excluding hydrogens is 302 g/mol. The largest absolute Gasteiger partial charge is 0.311 e. The number of aryl methyl sites for hydroxylation is 2. The first-order valence-electron chi connectivity index (χ1n) is 8.42. The molecule has 0 N–H and O–H groups in total. The van der Waals surface area contributed by atoms with Crippen molar-refractivity contribution in [1.82, 2.24) is 9.55 Å². The van der Waals surface area contributed by atoms with Crippen molar-refractivity contribution in [2.45, 2.75) is 46.1 Å². The van der Waals surface area contributed by atoms with E-state index in [0.29, 0.717) is 6.54 Å². The molecule has 0 spiro atoms. The number of hydrogen-bond donors (Lipinski definition) is 0. The van der Waals surface area contributed by atoms with Crippen molar-refractivity contribution in [2.75, 3.05) is 11.4 Å². The Kier molecular flexibility index (Phi) is 4.51. The van der Waals surface area contributed by atoms with Crippen LogP contribution in [-0.2, 0) is 17.8 Å². The highest BCUT2D eigenvalue weighted by Gasteiger charge is 2.23. The number of carbonyl (C=O) groups excluding carboxylic acids is 1. The zero-order valence-electron chi connectivity index (χ0n) is 14.5. The van der Waals surface area contributed by atoms with Crippen LogP contribution in [-0.4, -0.2) is 22.0 Å². The Labute approximate surface area is 141 Å². The number of benzene rings is 1. The van der Waals surface area contributed by atoms with Gasteiger partial charge in [-0.2, -0.15) is 0 Å². The highest BCUT2D eigenvalue weighted by molar-refractivity contribution is 5.94. The monoisotopic (exact) mass is 325 g/mol. The fourth-order valence-electron chi connectivity index (χ4n) is 3.09. The van der Waals surface area contributed by atoms with Crippen LogP contribution in [0.25, 0.3) is 0 Å². The van der Waals surface area contributed by atoms with Gasteiger partial charge in [0.25, 0.3) is 5.56 Å². The molecule has 126 valence electrons. The number of carbonyl (C=O) groups is 1. The van der Waals surface area contributed by atoms with Gasteiger partial charge in [-0.15, -0.1) is 0 Å². The summed E-state index contributed by atoms with van der Waals surface area (Å²) in [6.45, 7) is 6.76. The number of rotatable bonds is 3. The summed E-state index contributed by atoms with van der Waals surface area (Å²) >= 11 is 0. The molecule has 3 rings (SSSR count). The predicted octanol–water partition coefficient (Wildman–Crippen LogP) is 2.65. The molecule has 5 nitrogen and oxygen atoms in total. The van der Waals surface area contributed by atoms with Gasteiger partial charge in [-0.3, -0.25) is 14.2 Å². The van der Waals surface area contributed by atoms with E-state index in [1.165, 1.54) is 28.1 Å². The van der Waals surface area contributed by atoms with Gasteiger partial charge >= 0.3 is 0 Å². The number of amides is 1. The van der Waals surface area contributed by atoms with E-state index in [4.69, 9.17) is 0 Å². The molecule has 0 saturated heterocycles. The number of hydrogen-bond acceptors (Lipinski definition) is 3. The van der Waals surface area contributed by atoms with Gasteiger partial charge in [0.15, 0.2) is 0 Å². The Balaban J connectivity index is 1.83. The van der Waals surface area contributed by atoms with Gasteiger partial charge in [-0.05, 0) is 37.3 Å². The molecule has 1 aliphatic heterocycles. The summed E-state index contributed by atoms with van der Waals surface area (Å²) in [6, 6.07) is 7.69. The van der Waals surface area contributed by atoms with Crippen LogP contribution in [0.3, 0.4) is 0 Å². The molecule has 1 aliphatic rings. The minimum Gasteiger partial charge on any atom is -0.311 e. The SMILES string of the molecule is Cc1ccc2c(c1)CCCN2C(=O)Cn1cnc(C(C)C)cc1=O. The van der Waals surface area contributed by atoms with Crippen LogP contribution < -0.4 is 10.5 Å². The third kappa shape index (κ3) is 3.25. The molecule has 1 amide bonds. The molecule has 0 atom stereocenters. The Morgan fingerprint density at radius 1 is 1.29 bits per heavy atom. The van der Waals surface area contributed by atoms with Crippen LogP contribution in [0, 0.1) is 6.92 Å². The minimum absolute atomic E-state index is 0.0253. The third-order valence-corrected chi connectivity index (χ3v) is 4.45. The highest BCUT2D eigenvalue weighted by atomic mass is 16.2. The van der Waals surface area contributed by atoms with Crippen LogP contribution in [0.5, 0.6) is 0 Å². The Bertz CT molecular complexity index is 824. The lowest BCUT2D eigenvalue weighted by Gasteiger charge is -2.30. The average Bonchev–Trinajstić information content (AvgIpc) is 2.55. The Hall–Kier alpha value is -2.43. The van der Waals surface area contributed by atoms with Crippen LogP contribution in [0.2, 0.25) is 0 Å². The van der Waals surface area contributed by atoms with Gasteiger partial charge in [0.2, 0.25) is 5.91 Å². The Morgan fingerprint density at radius 2 is 2.08 bits per heavy atom. The van der Waals surface area contributed by atoms with Crippen molar-refractivity contribution in [2.24, 2.45) is 0 Å². The first kappa shape index (κ1) is 16.4. The minimum atomic E-state index is -0.178. The van der Waals surface area contributed by atoms with Crippen molar-refractivity contribution < 1.29 is 4.79 Å². The lowest BCUT2D eigenvalue weighted by Crippen LogP contribution is -2.39. The summed E-state index contributed by atoms with van der Waals surface area (Å²) in [5, 5.41) is 0. The maximum Gasteiger partial charge on any atom is 0.254 e. The molecule has 1 aromatic heterocycles. The summed E-state index contributed by atoms with van der Waals surface area (Å²) < 4.78 is 1.39. The van der Waals surface area contributed by atoms with Crippen LogP contribution in [0.1, 0.15) is 43.0 Å². The van der Waals surface area contributed by atoms with E-state index >= 15 is 0 Å². The standard InChI is InChI=1S/C19H23N3O2/c1-13(2)16-10-18(23)21(12-20-16)11-19(24)22-8-4-5-15-9-14(3)6-7-17(15)22/h6-7,9-10,12-13H,4-5,8,11H2,1-3H3. The predicted molar refractivity (Wildman–Crippen MR) is 94.4 cm³/mol. The number of anilines is 1. The highest BCUT2D eigenvalue weighted by Crippen LogP contribution is 2.28. The first-order chi connectivity index (χ1) is 11.5. The second kappa shape index (κ2) is 6.59. The molecule has 0 radical (unpaired) electrons. The van der Waals surface area contributed by atoms with E-state index in [2.05, 4.69) is 18.0 Å². The summed E-state index contributed by atoms with van der Waals surface area (Å²) in [6.07, 6.45) is 3.42. The van der Waals surface area contributed by atoms with Crippen molar-refractivity contribution in [3.8, 4) is 0 Å². The van der Waals surface area contributed by atoms with E-state index in [1.54, 1.807) is 4.90 Å². The smallest absolute Gasteiger partial charge is 0.254 e. The van der Waals surface area contributed by atoms with Gasteiger partial charge in [-0.1, -0.05) is 31.5 Å². The molecule has 5 heteroatoms. The molecule has 2 heterocycles. The topological polar surface area (TPSA) is 55.2 Å². The van der Waals surface area contributed by atoms with Crippen LogP contribution in [0.15, 0.2) is 35.4 Å². The fraction of sp³-hybridized carbons (Fsp3) is 0.421. The van der Waals surface area contributed by atoms with Gasteiger partial charge in [0.1, 0.15) is 6.54 Å². The van der Waals surface area contributed by atoms with E-state index in [0.717, 1.165) is 24.2 Å². The number of aromatic nitrogens is 2. The maximum atomic E-state index is 12.7. The summed E-state index contributed by atoms with van der Waals surface area (Å²) in [7, 11) is 0. The van der Waals surface area contributed by atoms with Gasteiger partial charge in [0.05, 0.1) is 12.0 Å². The van der Waals surface area contributed by atoms with E-state index < -0.39 is 0 Å². The quantitative estimate of drug-likeness (QED) is 0.872. The zero-order valence-corrected chi connectivity index (χ0v) is 14.5. The lowest BCUT2D eigenvalue weighted by atomic mass is 9.99. The second-order valence-electron chi connectivity index (χ2n) is 6.72. The van der Waals surface area contributed by atoms with Gasteiger partial charge < -0.3 is 4.90 Å². The summed E-state index contributed by atoms with van der Waals surface area (Å²) in [4.78, 5) is 31.0. The average molecular weight is 325 g/mol. The van der Waals surface area contributed by atoms with Crippen LogP contribution in [0.4, 0.5) is 5.69 Å². The van der Waals surface area contributed by atoms with Crippen molar-refractivity contribution in [1.29, 1.82) is 0 Å². The molecule has 0 saturated carbocycles. The summed E-state index contributed by atoms with van der Waals surface area (Å²) in [5.74, 6) is 0.126. The normalized spacial score (nSPS) is 13.9. The lowest BCUT2D eigenvalue weighted by molar-refractivity contribution is -0.119. The van der Waals surface area contributed by atoms with E-state index in [1.807, 2.05) is 26.0 Å². The van der Waals surface area contributed by atoms with Crippen LogP contribution >= 0.6 is 0 Å². The zero-order chi connectivity index (χ0) is 17.3. The number of fused-ring (bicyclic) bond motifs is 1. The molecular formula is C19H23N3O2.